The van der Waals surface area contributed by atoms with Gasteiger partial charge in [0.15, 0.2) is 11.4 Å². The number of methoxy groups -OCH3 is 1. The zero-order chi connectivity index (χ0) is 13.4. The van der Waals surface area contributed by atoms with Crippen molar-refractivity contribution in [3.8, 4) is 17.0 Å². The van der Waals surface area contributed by atoms with E-state index in [1.54, 1.807) is 7.11 Å². The van der Waals surface area contributed by atoms with E-state index in [0.717, 1.165) is 16.9 Å². The van der Waals surface area contributed by atoms with Crippen LogP contribution in [0.2, 0.25) is 0 Å². The van der Waals surface area contributed by atoms with Crippen LogP contribution in [-0.2, 0) is 0 Å². The number of hydrogen-bond donors (Lipinski definition) is 1. The largest absolute Gasteiger partial charge is 0.493 e. The molecule has 4 heteroatoms. The summed E-state index contributed by atoms with van der Waals surface area (Å²) in [5.74, 6) is 1.34. The van der Waals surface area contributed by atoms with Gasteiger partial charge in [-0.15, -0.1) is 0 Å². The first kappa shape index (κ1) is 11.6. The van der Waals surface area contributed by atoms with Gasteiger partial charge in [0, 0.05) is 11.8 Å². The molecule has 19 heavy (non-hydrogen) atoms. The topological polar surface area (TPSA) is 52.5 Å². The first-order valence-electron chi connectivity index (χ1n) is 6.08. The van der Waals surface area contributed by atoms with E-state index >= 15 is 0 Å². The van der Waals surface area contributed by atoms with Crippen LogP contribution < -0.4 is 10.5 Å². The van der Waals surface area contributed by atoms with Gasteiger partial charge in [0.25, 0.3) is 0 Å². The summed E-state index contributed by atoms with van der Waals surface area (Å²) in [4.78, 5) is 4.60. The maximum atomic E-state index is 6.18. The SMILES string of the molecule is COc1cccn2c(N)c(-c3ccc(C)cc3)nc12. The molecule has 0 atom stereocenters. The highest BCUT2D eigenvalue weighted by Gasteiger charge is 2.13. The first-order valence-corrected chi connectivity index (χ1v) is 6.08. The number of pyridine rings is 1. The fourth-order valence-electron chi connectivity index (χ4n) is 2.14. The van der Waals surface area contributed by atoms with Crippen LogP contribution in [-0.4, -0.2) is 16.5 Å². The van der Waals surface area contributed by atoms with Gasteiger partial charge in [-0.2, -0.15) is 0 Å². The molecule has 0 fully saturated rings. The van der Waals surface area contributed by atoms with Crippen LogP contribution in [0.5, 0.6) is 5.75 Å². The molecule has 0 saturated heterocycles. The van der Waals surface area contributed by atoms with Crippen molar-refractivity contribution in [1.82, 2.24) is 9.38 Å². The Labute approximate surface area is 111 Å². The molecule has 2 N–H and O–H groups in total. The molecule has 2 aromatic heterocycles. The molecule has 0 aliphatic heterocycles. The molecule has 1 aromatic carbocycles. The zero-order valence-electron chi connectivity index (χ0n) is 10.9. The second-order valence-corrected chi connectivity index (χ2v) is 4.48. The lowest BCUT2D eigenvalue weighted by atomic mass is 10.1. The van der Waals surface area contributed by atoms with Gasteiger partial charge in [-0.25, -0.2) is 4.98 Å². The fraction of sp³-hybridized carbons (Fsp3) is 0.133. The first-order chi connectivity index (χ1) is 9.20. The quantitative estimate of drug-likeness (QED) is 0.764. The predicted octanol–water partition coefficient (Wildman–Crippen LogP) is 2.90. The summed E-state index contributed by atoms with van der Waals surface area (Å²) in [5.41, 5.74) is 9.91. The minimum Gasteiger partial charge on any atom is -0.493 e. The van der Waals surface area contributed by atoms with Crippen LogP contribution in [0.1, 0.15) is 5.56 Å². The lowest BCUT2D eigenvalue weighted by molar-refractivity contribution is 0.417. The molecule has 4 nitrogen and oxygen atoms in total. The van der Waals surface area contributed by atoms with Gasteiger partial charge in [0.05, 0.1) is 7.11 Å². The molecule has 3 rings (SSSR count). The predicted molar refractivity (Wildman–Crippen MR) is 76.3 cm³/mol. The minimum absolute atomic E-state index is 0.623. The number of aromatic nitrogens is 2. The van der Waals surface area contributed by atoms with Gasteiger partial charge in [-0.05, 0) is 19.1 Å². The molecule has 0 aliphatic carbocycles. The number of ether oxygens (including phenoxy) is 1. The Morgan fingerprint density at radius 2 is 1.89 bits per heavy atom. The standard InChI is InChI=1S/C15H15N3O/c1-10-5-7-11(8-6-10)13-14(16)18-9-3-4-12(19-2)15(18)17-13/h3-9H,16H2,1-2H3. The third-order valence-corrected chi connectivity index (χ3v) is 3.20. The van der Waals surface area contributed by atoms with Crippen molar-refractivity contribution < 1.29 is 4.74 Å². The lowest BCUT2D eigenvalue weighted by Crippen LogP contribution is -1.95. The van der Waals surface area contributed by atoms with E-state index in [1.807, 2.05) is 34.9 Å². The second kappa shape index (κ2) is 4.31. The second-order valence-electron chi connectivity index (χ2n) is 4.48. The van der Waals surface area contributed by atoms with Gasteiger partial charge in [0.2, 0.25) is 0 Å². The molecule has 3 aromatic rings. The number of benzene rings is 1. The zero-order valence-corrected chi connectivity index (χ0v) is 10.9. The van der Waals surface area contributed by atoms with E-state index in [2.05, 4.69) is 24.0 Å². The average molecular weight is 253 g/mol. The Morgan fingerprint density at radius 3 is 2.58 bits per heavy atom. The van der Waals surface area contributed by atoms with E-state index in [-0.39, 0.29) is 0 Å². The lowest BCUT2D eigenvalue weighted by Gasteiger charge is -2.01. The summed E-state index contributed by atoms with van der Waals surface area (Å²) >= 11 is 0. The average Bonchev–Trinajstić information content (AvgIpc) is 2.77. The van der Waals surface area contributed by atoms with Gasteiger partial charge < -0.3 is 10.5 Å². The van der Waals surface area contributed by atoms with E-state index in [0.29, 0.717) is 11.6 Å². The van der Waals surface area contributed by atoms with Crippen molar-refractivity contribution >= 4 is 11.5 Å². The number of imidazole rings is 1. The van der Waals surface area contributed by atoms with Gasteiger partial charge in [-0.3, -0.25) is 4.40 Å². The van der Waals surface area contributed by atoms with Crippen LogP contribution in [0.4, 0.5) is 5.82 Å². The normalized spacial score (nSPS) is 10.8. The summed E-state index contributed by atoms with van der Waals surface area (Å²) in [6, 6.07) is 11.9. The molecule has 0 unspecified atom stereocenters. The molecule has 0 aliphatic rings. The number of fused-ring (bicyclic) bond motifs is 1. The number of nitrogen functional groups attached to an aromatic ring is 1. The van der Waals surface area contributed by atoms with Crippen molar-refractivity contribution in [2.75, 3.05) is 12.8 Å². The maximum absolute atomic E-state index is 6.18. The van der Waals surface area contributed by atoms with Crippen molar-refractivity contribution in [3.63, 3.8) is 0 Å². The monoisotopic (exact) mass is 253 g/mol. The van der Waals surface area contributed by atoms with E-state index < -0.39 is 0 Å². The molecule has 2 heterocycles. The van der Waals surface area contributed by atoms with E-state index in [4.69, 9.17) is 10.5 Å². The summed E-state index contributed by atoms with van der Waals surface area (Å²) in [6.07, 6.45) is 1.89. The smallest absolute Gasteiger partial charge is 0.181 e. The Morgan fingerprint density at radius 1 is 1.16 bits per heavy atom. The highest BCUT2D eigenvalue weighted by Crippen LogP contribution is 2.30. The number of rotatable bonds is 2. The Bertz CT molecular complexity index is 729. The number of nitrogens with two attached hydrogens (primary N) is 1. The van der Waals surface area contributed by atoms with Crippen LogP contribution in [0.25, 0.3) is 16.9 Å². The van der Waals surface area contributed by atoms with Crippen LogP contribution >= 0.6 is 0 Å². The molecule has 0 saturated carbocycles. The Hall–Kier alpha value is -2.49. The molecule has 0 spiro atoms. The fourth-order valence-corrected chi connectivity index (χ4v) is 2.14. The van der Waals surface area contributed by atoms with Crippen molar-refractivity contribution in [3.05, 3.63) is 48.2 Å². The molecule has 96 valence electrons. The maximum Gasteiger partial charge on any atom is 0.181 e. The van der Waals surface area contributed by atoms with Gasteiger partial charge in [-0.1, -0.05) is 29.8 Å². The van der Waals surface area contributed by atoms with Crippen LogP contribution in [0, 0.1) is 6.92 Å². The summed E-state index contributed by atoms with van der Waals surface area (Å²) < 4.78 is 7.15. The summed E-state index contributed by atoms with van der Waals surface area (Å²) in [6.45, 7) is 2.06. The van der Waals surface area contributed by atoms with Crippen LogP contribution in [0.3, 0.4) is 0 Å². The Balaban J connectivity index is 2.25. The minimum atomic E-state index is 0.623. The third kappa shape index (κ3) is 1.81. The third-order valence-electron chi connectivity index (χ3n) is 3.20. The molecule has 0 bridgehead atoms. The van der Waals surface area contributed by atoms with Crippen molar-refractivity contribution in [2.24, 2.45) is 0 Å². The molecular weight excluding hydrogens is 238 g/mol. The number of hydrogen-bond acceptors (Lipinski definition) is 3. The van der Waals surface area contributed by atoms with E-state index in [1.165, 1.54) is 5.56 Å². The number of anilines is 1. The highest BCUT2D eigenvalue weighted by molar-refractivity contribution is 5.77. The molecular formula is C15H15N3O. The van der Waals surface area contributed by atoms with Gasteiger partial charge in [0.1, 0.15) is 11.5 Å². The summed E-state index contributed by atoms with van der Waals surface area (Å²) in [5, 5.41) is 0. The van der Waals surface area contributed by atoms with Crippen molar-refractivity contribution in [1.29, 1.82) is 0 Å². The number of aryl methyl sites for hydroxylation is 1. The number of nitrogens with zero attached hydrogens (tertiary/aromatic N) is 2. The highest BCUT2D eigenvalue weighted by atomic mass is 16.5. The molecule has 0 radical (unpaired) electrons. The van der Waals surface area contributed by atoms with E-state index in [9.17, 15) is 0 Å². The van der Waals surface area contributed by atoms with Crippen LogP contribution in [0.15, 0.2) is 42.6 Å². The van der Waals surface area contributed by atoms with Gasteiger partial charge >= 0.3 is 0 Å². The van der Waals surface area contributed by atoms with Crippen molar-refractivity contribution in [2.45, 2.75) is 6.92 Å². The molecule has 0 amide bonds. The summed E-state index contributed by atoms with van der Waals surface area (Å²) in [7, 11) is 1.63. The Kier molecular flexibility index (Phi) is 2.63.